The minimum absolute atomic E-state index is 0.152. The second-order valence-electron chi connectivity index (χ2n) is 7.85. The second-order valence-corrected chi connectivity index (χ2v) is 9.78. The summed E-state index contributed by atoms with van der Waals surface area (Å²) in [5, 5.41) is 3.81. The lowest BCUT2D eigenvalue weighted by atomic mass is 9.86. The number of nitrogens with zero attached hydrogens (tertiary/aromatic N) is 4. The van der Waals surface area contributed by atoms with Gasteiger partial charge in [-0.25, -0.2) is 8.42 Å². The predicted molar refractivity (Wildman–Crippen MR) is 100 cm³/mol. The summed E-state index contributed by atoms with van der Waals surface area (Å²) in [7, 11) is -3.36. The Bertz CT molecular complexity index is 736. The van der Waals surface area contributed by atoms with Crippen molar-refractivity contribution in [2.45, 2.75) is 64.3 Å². The number of rotatable bonds is 8. The van der Waals surface area contributed by atoms with Gasteiger partial charge in [0.25, 0.3) is 0 Å². The Balaban J connectivity index is 1.46. The minimum atomic E-state index is -3.36. The van der Waals surface area contributed by atoms with Gasteiger partial charge in [-0.1, -0.05) is 37.3 Å². The topological polar surface area (TPSA) is 96.6 Å². The maximum atomic E-state index is 12.4. The monoisotopic (exact) mass is 398 g/mol. The molecule has 0 bridgehead atoms. The molecule has 1 aromatic heterocycles. The molecule has 9 heteroatoms. The summed E-state index contributed by atoms with van der Waals surface area (Å²) in [5.41, 5.74) is 0. The largest absolute Gasteiger partial charge is 0.340 e. The maximum absolute atomic E-state index is 12.4. The molecule has 1 aliphatic heterocycles. The Morgan fingerprint density at radius 1 is 1.26 bits per heavy atom. The van der Waals surface area contributed by atoms with E-state index >= 15 is 0 Å². The molecule has 1 saturated carbocycles. The van der Waals surface area contributed by atoms with Crippen LogP contribution in [0.4, 0.5) is 0 Å². The van der Waals surface area contributed by atoms with Crippen LogP contribution in [0.25, 0.3) is 0 Å². The molecule has 3 rings (SSSR count). The first-order valence-corrected chi connectivity index (χ1v) is 11.7. The van der Waals surface area contributed by atoms with Crippen molar-refractivity contribution in [2.75, 3.05) is 25.9 Å². The molecule has 0 N–H and O–H groups in total. The molecule has 0 atom stereocenters. The summed E-state index contributed by atoms with van der Waals surface area (Å²) in [6.45, 7) is 2.95. The zero-order chi connectivity index (χ0) is 19.4. The SMILES string of the molecule is Cc1nc(CCN(C2CN(C(=O)CCC3CCCCC3)C2)S(C)(=O)=O)no1. The van der Waals surface area contributed by atoms with Crippen molar-refractivity contribution in [3.8, 4) is 0 Å². The van der Waals surface area contributed by atoms with Crippen LogP contribution >= 0.6 is 0 Å². The number of carbonyl (C=O) groups is 1. The molecule has 2 fully saturated rings. The molecule has 8 nitrogen and oxygen atoms in total. The molecule has 1 aromatic rings. The minimum Gasteiger partial charge on any atom is -0.340 e. The molecule has 2 aliphatic rings. The number of hydrogen-bond acceptors (Lipinski definition) is 6. The fourth-order valence-corrected chi connectivity index (χ4v) is 5.17. The first-order chi connectivity index (χ1) is 12.8. The summed E-state index contributed by atoms with van der Waals surface area (Å²) >= 11 is 0. The third kappa shape index (κ3) is 5.51. The van der Waals surface area contributed by atoms with E-state index in [1.807, 2.05) is 0 Å². The van der Waals surface area contributed by atoms with E-state index in [0.29, 0.717) is 50.1 Å². The number of likely N-dealkylation sites (tertiary alicyclic amines) is 1. The van der Waals surface area contributed by atoms with Crippen LogP contribution in [0.1, 0.15) is 56.7 Å². The van der Waals surface area contributed by atoms with E-state index in [4.69, 9.17) is 4.52 Å². The molecule has 1 saturated heterocycles. The van der Waals surface area contributed by atoms with Crippen molar-refractivity contribution in [3.05, 3.63) is 11.7 Å². The van der Waals surface area contributed by atoms with Crippen LogP contribution in [0, 0.1) is 12.8 Å². The van der Waals surface area contributed by atoms with E-state index in [1.54, 1.807) is 11.8 Å². The standard InChI is InChI=1S/C18H30N4O4S/c1-14-19-17(20-26-14)10-11-22(27(2,24)25)16-12-21(13-16)18(23)9-8-15-6-4-3-5-7-15/h15-16H,3-13H2,1-2H3. The van der Waals surface area contributed by atoms with Crippen LogP contribution < -0.4 is 0 Å². The van der Waals surface area contributed by atoms with Crippen molar-refractivity contribution in [1.82, 2.24) is 19.3 Å². The number of carbonyl (C=O) groups excluding carboxylic acids is 1. The number of sulfonamides is 1. The van der Waals surface area contributed by atoms with Gasteiger partial charge >= 0.3 is 0 Å². The Hall–Kier alpha value is -1.48. The first-order valence-electron chi connectivity index (χ1n) is 9.86. The van der Waals surface area contributed by atoms with Crippen LogP contribution in [0.5, 0.6) is 0 Å². The molecule has 0 unspecified atom stereocenters. The fourth-order valence-electron chi connectivity index (χ4n) is 4.07. The third-order valence-electron chi connectivity index (χ3n) is 5.66. The summed E-state index contributed by atoms with van der Waals surface area (Å²) in [4.78, 5) is 18.3. The van der Waals surface area contributed by atoms with E-state index in [9.17, 15) is 13.2 Å². The van der Waals surface area contributed by atoms with Gasteiger partial charge in [0.05, 0.1) is 12.3 Å². The summed E-state index contributed by atoms with van der Waals surface area (Å²) < 4.78 is 30.7. The highest BCUT2D eigenvalue weighted by molar-refractivity contribution is 7.88. The van der Waals surface area contributed by atoms with Gasteiger partial charge in [-0.3, -0.25) is 4.79 Å². The van der Waals surface area contributed by atoms with Gasteiger partial charge in [0, 0.05) is 39.4 Å². The van der Waals surface area contributed by atoms with Gasteiger partial charge < -0.3 is 9.42 Å². The van der Waals surface area contributed by atoms with Crippen LogP contribution in [-0.2, 0) is 21.2 Å². The van der Waals surface area contributed by atoms with Gasteiger partial charge in [-0.05, 0) is 12.3 Å². The number of aryl methyl sites for hydroxylation is 1. The first kappa shape index (κ1) is 20.3. The number of amides is 1. The summed E-state index contributed by atoms with van der Waals surface area (Å²) in [6, 6.07) is -0.161. The maximum Gasteiger partial charge on any atom is 0.223 e. The van der Waals surface area contributed by atoms with Gasteiger partial charge in [0.2, 0.25) is 21.8 Å². The molecule has 1 aliphatic carbocycles. The van der Waals surface area contributed by atoms with Gasteiger partial charge in [-0.15, -0.1) is 0 Å². The van der Waals surface area contributed by atoms with Crippen molar-refractivity contribution < 1.29 is 17.7 Å². The van der Waals surface area contributed by atoms with Crippen LogP contribution in [0.3, 0.4) is 0 Å². The summed E-state index contributed by atoms with van der Waals surface area (Å²) in [5.74, 6) is 1.81. The molecule has 0 spiro atoms. The highest BCUT2D eigenvalue weighted by Gasteiger charge is 2.38. The average Bonchev–Trinajstić information content (AvgIpc) is 2.99. The Labute approximate surface area is 161 Å². The van der Waals surface area contributed by atoms with Crippen molar-refractivity contribution in [2.24, 2.45) is 5.92 Å². The molecular formula is C18H30N4O4S. The van der Waals surface area contributed by atoms with E-state index in [-0.39, 0.29) is 11.9 Å². The molecule has 0 aromatic carbocycles. The fraction of sp³-hybridized carbons (Fsp3) is 0.833. The molecule has 152 valence electrons. The number of aromatic nitrogens is 2. The van der Waals surface area contributed by atoms with Crippen LogP contribution in [0.2, 0.25) is 0 Å². The van der Waals surface area contributed by atoms with E-state index in [0.717, 1.165) is 6.42 Å². The normalized spacial score (nSPS) is 19.4. The quantitative estimate of drug-likeness (QED) is 0.662. The Kier molecular flexibility index (Phi) is 6.52. The van der Waals surface area contributed by atoms with Crippen LogP contribution in [0.15, 0.2) is 4.52 Å². The van der Waals surface area contributed by atoms with Gasteiger partial charge in [0.15, 0.2) is 5.82 Å². The zero-order valence-electron chi connectivity index (χ0n) is 16.3. The average molecular weight is 399 g/mol. The zero-order valence-corrected chi connectivity index (χ0v) is 17.1. The third-order valence-corrected chi connectivity index (χ3v) is 7.00. The second kappa shape index (κ2) is 8.68. The predicted octanol–water partition coefficient (Wildman–Crippen LogP) is 1.75. The highest BCUT2D eigenvalue weighted by atomic mass is 32.2. The lowest BCUT2D eigenvalue weighted by Gasteiger charge is -2.44. The molecule has 2 heterocycles. The van der Waals surface area contributed by atoms with E-state index in [1.165, 1.54) is 42.7 Å². The molecule has 0 radical (unpaired) electrons. The Morgan fingerprint density at radius 2 is 1.96 bits per heavy atom. The van der Waals surface area contributed by atoms with Crippen molar-refractivity contribution in [3.63, 3.8) is 0 Å². The number of hydrogen-bond donors (Lipinski definition) is 0. The molecular weight excluding hydrogens is 368 g/mol. The molecule has 1 amide bonds. The summed E-state index contributed by atoms with van der Waals surface area (Å²) in [6.07, 6.45) is 9.54. The molecule has 27 heavy (non-hydrogen) atoms. The van der Waals surface area contributed by atoms with E-state index in [2.05, 4.69) is 10.1 Å². The highest BCUT2D eigenvalue weighted by Crippen LogP contribution is 2.28. The van der Waals surface area contributed by atoms with Crippen molar-refractivity contribution >= 4 is 15.9 Å². The van der Waals surface area contributed by atoms with Crippen molar-refractivity contribution in [1.29, 1.82) is 0 Å². The van der Waals surface area contributed by atoms with E-state index < -0.39 is 10.0 Å². The van der Waals surface area contributed by atoms with Crippen LogP contribution in [-0.4, -0.2) is 65.6 Å². The Morgan fingerprint density at radius 3 is 2.56 bits per heavy atom. The van der Waals surface area contributed by atoms with Gasteiger partial charge in [0.1, 0.15) is 0 Å². The lowest BCUT2D eigenvalue weighted by Crippen LogP contribution is -2.62. The lowest BCUT2D eigenvalue weighted by molar-refractivity contribution is -0.137. The van der Waals surface area contributed by atoms with Gasteiger partial charge in [-0.2, -0.15) is 9.29 Å². The smallest absolute Gasteiger partial charge is 0.223 e.